The van der Waals surface area contributed by atoms with E-state index in [0.717, 1.165) is 5.69 Å². The van der Waals surface area contributed by atoms with E-state index in [9.17, 15) is 9.90 Å². The smallest absolute Gasteiger partial charge is 0.413 e. The maximum atomic E-state index is 11.7. The molecule has 5 nitrogen and oxygen atoms in total. The molecule has 0 spiro atoms. The molecule has 1 heterocycles. The van der Waals surface area contributed by atoms with Gasteiger partial charge in [-0.1, -0.05) is 26.0 Å². The Morgan fingerprint density at radius 1 is 1.18 bits per heavy atom. The molecule has 0 aliphatic carbocycles. The van der Waals surface area contributed by atoms with E-state index >= 15 is 0 Å². The van der Waals surface area contributed by atoms with E-state index in [-0.39, 0.29) is 0 Å². The van der Waals surface area contributed by atoms with Crippen LogP contribution in [0.25, 0.3) is 5.69 Å². The molecule has 0 saturated carbocycles. The summed E-state index contributed by atoms with van der Waals surface area (Å²) in [5.74, 6) is 0.994. The maximum Gasteiger partial charge on any atom is 0.413 e. The summed E-state index contributed by atoms with van der Waals surface area (Å²) >= 11 is 0. The largest absolute Gasteiger partial charge is 0.465 e. The van der Waals surface area contributed by atoms with Crippen molar-refractivity contribution in [2.45, 2.75) is 46.1 Å². The zero-order valence-corrected chi connectivity index (χ0v) is 13.7. The van der Waals surface area contributed by atoms with Crippen molar-refractivity contribution in [3.05, 3.63) is 42.1 Å². The van der Waals surface area contributed by atoms with Gasteiger partial charge in [-0.25, -0.2) is 9.48 Å². The standard InChI is InChI=1S/C17H23N3O2/c1-12(2)13-6-8-14(9-7-13)20-15(10-11-18-20)19(16(21)22)17(3,4)5/h6-12H,1-5H3,(H,21,22). The van der Waals surface area contributed by atoms with Gasteiger partial charge in [0.25, 0.3) is 0 Å². The van der Waals surface area contributed by atoms with Crippen LogP contribution in [-0.2, 0) is 0 Å². The third kappa shape index (κ3) is 3.13. The molecule has 0 saturated heterocycles. The van der Waals surface area contributed by atoms with Crippen LogP contribution in [0.2, 0.25) is 0 Å². The highest BCUT2D eigenvalue weighted by Crippen LogP contribution is 2.27. The second-order valence-corrected chi connectivity index (χ2v) is 6.64. The molecule has 118 valence electrons. The normalized spacial score (nSPS) is 11.7. The Bertz CT molecular complexity index is 651. The molecule has 22 heavy (non-hydrogen) atoms. The van der Waals surface area contributed by atoms with Crippen LogP contribution in [0.5, 0.6) is 0 Å². The van der Waals surface area contributed by atoms with E-state index in [1.165, 1.54) is 10.5 Å². The highest BCUT2D eigenvalue weighted by atomic mass is 16.4. The van der Waals surface area contributed by atoms with E-state index in [1.54, 1.807) is 16.9 Å². The van der Waals surface area contributed by atoms with Gasteiger partial charge >= 0.3 is 6.09 Å². The molecule has 0 atom stereocenters. The van der Waals surface area contributed by atoms with Crippen LogP contribution in [0.4, 0.5) is 10.6 Å². The van der Waals surface area contributed by atoms with Gasteiger partial charge in [-0.3, -0.25) is 4.90 Å². The number of hydrogen-bond acceptors (Lipinski definition) is 2. The molecule has 1 N–H and O–H groups in total. The van der Waals surface area contributed by atoms with Crippen LogP contribution in [0.1, 0.15) is 46.1 Å². The number of benzene rings is 1. The van der Waals surface area contributed by atoms with Gasteiger partial charge < -0.3 is 5.11 Å². The second-order valence-electron chi connectivity index (χ2n) is 6.64. The Kier molecular flexibility index (Phi) is 4.26. The summed E-state index contributed by atoms with van der Waals surface area (Å²) in [6.07, 6.45) is 0.626. The number of rotatable bonds is 3. The monoisotopic (exact) mass is 301 g/mol. The quantitative estimate of drug-likeness (QED) is 0.920. The van der Waals surface area contributed by atoms with Crippen molar-refractivity contribution in [1.82, 2.24) is 9.78 Å². The van der Waals surface area contributed by atoms with Crippen LogP contribution in [0.15, 0.2) is 36.5 Å². The Labute approximate surface area is 131 Å². The number of carboxylic acid groups (broad SMARTS) is 1. The lowest BCUT2D eigenvalue weighted by Gasteiger charge is -2.33. The molecule has 0 aliphatic heterocycles. The highest BCUT2D eigenvalue weighted by molar-refractivity contribution is 5.86. The Morgan fingerprint density at radius 3 is 2.23 bits per heavy atom. The van der Waals surface area contributed by atoms with Crippen molar-refractivity contribution < 1.29 is 9.90 Å². The van der Waals surface area contributed by atoms with Gasteiger partial charge in [0, 0.05) is 11.6 Å². The van der Waals surface area contributed by atoms with Gasteiger partial charge in [-0.2, -0.15) is 5.10 Å². The Morgan fingerprint density at radius 2 is 1.77 bits per heavy atom. The Hall–Kier alpha value is -2.30. The second kappa shape index (κ2) is 5.83. The molecule has 2 rings (SSSR count). The molecule has 0 aliphatic rings. The van der Waals surface area contributed by atoms with E-state index in [1.807, 2.05) is 45.0 Å². The number of anilines is 1. The van der Waals surface area contributed by atoms with Crippen molar-refractivity contribution in [2.24, 2.45) is 0 Å². The highest BCUT2D eigenvalue weighted by Gasteiger charge is 2.30. The number of aromatic nitrogens is 2. The van der Waals surface area contributed by atoms with Gasteiger partial charge in [0.05, 0.1) is 11.9 Å². The Balaban J connectivity index is 2.46. The number of amides is 1. The minimum Gasteiger partial charge on any atom is -0.465 e. The van der Waals surface area contributed by atoms with Crippen molar-refractivity contribution >= 4 is 11.9 Å². The predicted octanol–water partition coefficient (Wildman–Crippen LogP) is 4.28. The maximum absolute atomic E-state index is 11.7. The molecule has 5 heteroatoms. The van der Waals surface area contributed by atoms with Crippen LogP contribution >= 0.6 is 0 Å². The molecule has 2 aromatic rings. The summed E-state index contributed by atoms with van der Waals surface area (Å²) in [4.78, 5) is 13.0. The van der Waals surface area contributed by atoms with Crippen molar-refractivity contribution in [1.29, 1.82) is 0 Å². The third-order valence-corrected chi connectivity index (χ3v) is 3.52. The van der Waals surface area contributed by atoms with Crippen molar-refractivity contribution in [2.75, 3.05) is 4.90 Å². The fourth-order valence-corrected chi connectivity index (χ4v) is 2.39. The summed E-state index contributed by atoms with van der Waals surface area (Å²) in [5, 5.41) is 13.8. The summed E-state index contributed by atoms with van der Waals surface area (Å²) in [5.41, 5.74) is 1.53. The summed E-state index contributed by atoms with van der Waals surface area (Å²) in [6.45, 7) is 9.86. The lowest BCUT2D eigenvalue weighted by molar-refractivity contribution is 0.195. The molecule has 1 amide bonds. The van der Waals surface area contributed by atoms with Crippen molar-refractivity contribution in [3.8, 4) is 5.69 Å². The van der Waals surface area contributed by atoms with E-state index in [0.29, 0.717) is 11.7 Å². The first-order chi connectivity index (χ1) is 10.2. The molecule has 0 radical (unpaired) electrons. The van der Waals surface area contributed by atoms with Crippen molar-refractivity contribution in [3.63, 3.8) is 0 Å². The number of carbonyl (C=O) groups is 1. The first-order valence-electron chi connectivity index (χ1n) is 7.39. The molecule has 1 aromatic carbocycles. The summed E-state index contributed by atoms with van der Waals surface area (Å²) in [6, 6.07) is 9.75. The van der Waals surface area contributed by atoms with Crippen LogP contribution in [0, 0.1) is 0 Å². The van der Waals surface area contributed by atoms with Crippen LogP contribution in [-0.4, -0.2) is 26.5 Å². The minimum absolute atomic E-state index is 0.455. The molecular weight excluding hydrogens is 278 g/mol. The SMILES string of the molecule is CC(C)c1ccc(-n2nccc2N(C(=O)O)C(C)(C)C)cc1. The van der Waals surface area contributed by atoms with Gasteiger partial charge in [0.1, 0.15) is 5.82 Å². The first-order valence-corrected chi connectivity index (χ1v) is 7.39. The molecular formula is C17H23N3O2. The fourth-order valence-electron chi connectivity index (χ4n) is 2.39. The van der Waals surface area contributed by atoms with E-state index < -0.39 is 11.6 Å². The first kappa shape index (κ1) is 16.1. The average molecular weight is 301 g/mol. The zero-order chi connectivity index (χ0) is 16.5. The van der Waals surface area contributed by atoms with Crippen LogP contribution in [0.3, 0.4) is 0 Å². The van der Waals surface area contributed by atoms with E-state index in [4.69, 9.17) is 0 Å². The number of nitrogens with zero attached hydrogens (tertiary/aromatic N) is 3. The third-order valence-electron chi connectivity index (χ3n) is 3.52. The minimum atomic E-state index is -0.993. The van der Waals surface area contributed by atoms with E-state index in [2.05, 4.69) is 18.9 Å². The lowest BCUT2D eigenvalue weighted by Crippen LogP contribution is -2.46. The molecule has 0 bridgehead atoms. The molecule has 1 aromatic heterocycles. The van der Waals surface area contributed by atoms with Gasteiger partial charge in [0.15, 0.2) is 0 Å². The lowest BCUT2D eigenvalue weighted by atomic mass is 10.0. The van der Waals surface area contributed by atoms with Crippen LogP contribution < -0.4 is 4.90 Å². The van der Waals surface area contributed by atoms with Gasteiger partial charge in [0.2, 0.25) is 0 Å². The molecule has 0 fully saturated rings. The average Bonchev–Trinajstić information content (AvgIpc) is 2.85. The van der Waals surface area contributed by atoms with Gasteiger partial charge in [-0.05, 0) is 44.4 Å². The van der Waals surface area contributed by atoms with Gasteiger partial charge in [-0.15, -0.1) is 0 Å². The molecule has 0 unspecified atom stereocenters. The zero-order valence-electron chi connectivity index (χ0n) is 13.7. The number of hydrogen-bond donors (Lipinski definition) is 1. The topological polar surface area (TPSA) is 58.4 Å². The predicted molar refractivity (Wildman–Crippen MR) is 87.9 cm³/mol. The summed E-state index contributed by atoms with van der Waals surface area (Å²) < 4.78 is 1.66. The summed E-state index contributed by atoms with van der Waals surface area (Å²) in [7, 11) is 0. The fraction of sp³-hybridized carbons (Fsp3) is 0.412.